The fourth-order valence-corrected chi connectivity index (χ4v) is 1.75. The maximum absolute atomic E-state index is 12.1. The third-order valence-electron chi connectivity index (χ3n) is 2.71. The minimum Gasteiger partial charge on any atom is -0.493 e. The van der Waals surface area contributed by atoms with Crippen LogP contribution in [0.5, 0.6) is 11.5 Å². The third kappa shape index (κ3) is 3.82. The van der Waals surface area contributed by atoms with Crippen LogP contribution in [0.3, 0.4) is 0 Å². The number of benzene rings is 2. The topological polar surface area (TPSA) is 64.6 Å². The number of ether oxygens (including phenoxy) is 2. The fourth-order valence-electron chi connectivity index (χ4n) is 1.75. The molecule has 0 radical (unpaired) electrons. The van der Waals surface area contributed by atoms with E-state index in [0.717, 1.165) is 0 Å². The summed E-state index contributed by atoms with van der Waals surface area (Å²) in [6.07, 6.45) is 0. The molecule has 0 heterocycles. The Morgan fingerprint density at radius 2 is 1.57 bits per heavy atom. The SMILES string of the molecule is COc1ccccc1OC(=O)c1ccc(NC(C)=O)cc1. The number of methoxy groups -OCH3 is 1. The number of nitrogens with one attached hydrogen (secondary N) is 1. The molecule has 5 heteroatoms. The highest BCUT2D eigenvalue weighted by Crippen LogP contribution is 2.26. The monoisotopic (exact) mass is 285 g/mol. The maximum Gasteiger partial charge on any atom is 0.343 e. The van der Waals surface area contributed by atoms with Gasteiger partial charge in [-0.1, -0.05) is 12.1 Å². The first-order valence-corrected chi connectivity index (χ1v) is 6.33. The molecule has 0 bridgehead atoms. The fraction of sp³-hybridized carbons (Fsp3) is 0.125. The van der Waals surface area contributed by atoms with Gasteiger partial charge in [-0.3, -0.25) is 4.79 Å². The molecule has 0 aliphatic rings. The predicted octanol–water partition coefficient (Wildman–Crippen LogP) is 2.87. The van der Waals surface area contributed by atoms with Crippen molar-refractivity contribution in [3.63, 3.8) is 0 Å². The van der Waals surface area contributed by atoms with Gasteiger partial charge in [0.05, 0.1) is 12.7 Å². The minimum absolute atomic E-state index is 0.167. The molecular formula is C16H15NO4. The van der Waals surface area contributed by atoms with Crippen LogP contribution in [0, 0.1) is 0 Å². The van der Waals surface area contributed by atoms with Crippen molar-refractivity contribution in [2.45, 2.75) is 6.92 Å². The molecule has 0 saturated carbocycles. The number of carbonyl (C=O) groups is 2. The van der Waals surface area contributed by atoms with E-state index in [2.05, 4.69) is 5.32 Å². The minimum atomic E-state index is -0.492. The Hall–Kier alpha value is -2.82. The summed E-state index contributed by atoms with van der Waals surface area (Å²) in [7, 11) is 1.51. The van der Waals surface area contributed by atoms with Crippen LogP contribution >= 0.6 is 0 Å². The van der Waals surface area contributed by atoms with Gasteiger partial charge in [0.2, 0.25) is 5.91 Å². The Labute approximate surface area is 122 Å². The molecule has 0 aromatic heterocycles. The number of anilines is 1. The molecule has 21 heavy (non-hydrogen) atoms. The molecule has 108 valence electrons. The van der Waals surface area contributed by atoms with Crippen molar-refractivity contribution >= 4 is 17.6 Å². The molecule has 5 nitrogen and oxygen atoms in total. The van der Waals surface area contributed by atoms with Crippen LogP contribution in [0.1, 0.15) is 17.3 Å². The number of hydrogen-bond donors (Lipinski definition) is 1. The van der Waals surface area contributed by atoms with Crippen molar-refractivity contribution in [3.05, 3.63) is 54.1 Å². The van der Waals surface area contributed by atoms with E-state index < -0.39 is 5.97 Å². The predicted molar refractivity (Wildman–Crippen MR) is 78.7 cm³/mol. The first-order valence-electron chi connectivity index (χ1n) is 6.33. The normalized spacial score (nSPS) is 9.81. The molecule has 2 aromatic rings. The van der Waals surface area contributed by atoms with E-state index in [1.165, 1.54) is 14.0 Å². The van der Waals surface area contributed by atoms with Crippen molar-refractivity contribution in [2.24, 2.45) is 0 Å². The average Bonchev–Trinajstić information content (AvgIpc) is 2.48. The second-order valence-corrected chi connectivity index (χ2v) is 4.30. The molecule has 0 atom stereocenters. The summed E-state index contributed by atoms with van der Waals surface area (Å²) in [6.45, 7) is 1.42. The van der Waals surface area contributed by atoms with Crippen LogP contribution < -0.4 is 14.8 Å². The summed E-state index contributed by atoms with van der Waals surface area (Å²) >= 11 is 0. The van der Waals surface area contributed by atoms with E-state index in [1.807, 2.05) is 0 Å². The van der Waals surface area contributed by atoms with Gasteiger partial charge in [-0.2, -0.15) is 0 Å². The summed E-state index contributed by atoms with van der Waals surface area (Å²) in [5.41, 5.74) is 1.01. The Morgan fingerprint density at radius 3 is 2.14 bits per heavy atom. The van der Waals surface area contributed by atoms with Crippen LogP contribution in [0.15, 0.2) is 48.5 Å². The lowest BCUT2D eigenvalue weighted by molar-refractivity contribution is -0.114. The Bertz CT molecular complexity index is 650. The number of para-hydroxylation sites is 2. The lowest BCUT2D eigenvalue weighted by Crippen LogP contribution is -2.10. The van der Waals surface area contributed by atoms with Crippen molar-refractivity contribution in [1.29, 1.82) is 0 Å². The quantitative estimate of drug-likeness (QED) is 0.693. The zero-order valence-electron chi connectivity index (χ0n) is 11.8. The molecule has 0 unspecified atom stereocenters. The molecule has 0 aliphatic carbocycles. The van der Waals surface area contributed by atoms with Crippen molar-refractivity contribution in [1.82, 2.24) is 0 Å². The molecule has 1 amide bonds. The lowest BCUT2D eigenvalue weighted by Gasteiger charge is -2.09. The third-order valence-corrected chi connectivity index (χ3v) is 2.71. The standard InChI is InChI=1S/C16H15NO4/c1-11(18)17-13-9-7-12(8-10-13)16(19)21-15-6-4-3-5-14(15)20-2/h3-10H,1-2H3,(H,17,18). The highest BCUT2D eigenvalue weighted by Gasteiger charge is 2.11. The van der Waals surface area contributed by atoms with E-state index in [1.54, 1.807) is 48.5 Å². The highest BCUT2D eigenvalue weighted by atomic mass is 16.6. The van der Waals surface area contributed by atoms with E-state index in [9.17, 15) is 9.59 Å². The molecule has 0 aliphatic heterocycles. The van der Waals surface area contributed by atoms with Crippen LogP contribution in [-0.2, 0) is 4.79 Å². The number of amides is 1. The highest BCUT2D eigenvalue weighted by molar-refractivity contribution is 5.93. The van der Waals surface area contributed by atoms with Gasteiger partial charge in [-0.05, 0) is 36.4 Å². The Morgan fingerprint density at radius 1 is 0.952 bits per heavy atom. The summed E-state index contributed by atoms with van der Waals surface area (Å²) in [5.74, 6) is 0.185. The molecule has 2 rings (SSSR count). The second-order valence-electron chi connectivity index (χ2n) is 4.30. The van der Waals surface area contributed by atoms with Gasteiger partial charge >= 0.3 is 5.97 Å². The smallest absolute Gasteiger partial charge is 0.343 e. The molecule has 0 fully saturated rings. The maximum atomic E-state index is 12.1. The first kappa shape index (κ1) is 14.6. The van der Waals surface area contributed by atoms with Gasteiger partial charge in [0.25, 0.3) is 0 Å². The molecule has 1 N–H and O–H groups in total. The Balaban J connectivity index is 2.11. The summed E-state index contributed by atoms with van der Waals surface area (Å²) in [4.78, 5) is 23.0. The zero-order chi connectivity index (χ0) is 15.2. The largest absolute Gasteiger partial charge is 0.493 e. The Kier molecular flexibility index (Phi) is 4.56. The van der Waals surface area contributed by atoms with Crippen molar-refractivity contribution < 1.29 is 19.1 Å². The second kappa shape index (κ2) is 6.56. The number of carbonyl (C=O) groups excluding carboxylic acids is 2. The van der Waals surface area contributed by atoms with E-state index in [4.69, 9.17) is 9.47 Å². The van der Waals surface area contributed by atoms with Crippen molar-refractivity contribution in [2.75, 3.05) is 12.4 Å². The average molecular weight is 285 g/mol. The van der Waals surface area contributed by atoms with Gasteiger partial charge in [0.1, 0.15) is 0 Å². The molecule has 2 aromatic carbocycles. The van der Waals surface area contributed by atoms with Crippen LogP contribution in [0.25, 0.3) is 0 Å². The first-order chi connectivity index (χ1) is 10.1. The number of esters is 1. The van der Waals surface area contributed by atoms with E-state index in [-0.39, 0.29) is 5.91 Å². The molecular weight excluding hydrogens is 270 g/mol. The van der Waals surface area contributed by atoms with E-state index in [0.29, 0.717) is 22.7 Å². The lowest BCUT2D eigenvalue weighted by atomic mass is 10.2. The number of rotatable bonds is 4. The van der Waals surface area contributed by atoms with Gasteiger partial charge in [-0.25, -0.2) is 4.79 Å². The van der Waals surface area contributed by atoms with Gasteiger partial charge in [0.15, 0.2) is 11.5 Å². The summed E-state index contributed by atoms with van der Waals surface area (Å²) < 4.78 is 10.4. The van der Waals surface area contributed by atoms with Gasteiger partial charge in [0, 0.05) is 12.6 Å². The van der Waals surface area contributed by atoms with Crippen LogP contribution in [-0.4, -0.2) is 19.0 Å². The van der Waals surface area contributed by atoms with Crippen molar-refractivity contribution in [3.8, 4) is 11.5 Å². The molecule has 0 spiro atoms. The number of hydrogen-bond acceptors (Lipinski definition) is 4. The molecule has 0 saturated heterocycles. The van der Waals surface area contributed by atoms with E-state index >= 15 is 0 Å². The van der Waals surface area contributed by atoms with Gasteiger partial charge < -0.3 is 14.8 Å². The summed E-state index contributed by atoms with van der Waals surface area (Å²) in [5, 5.41) is 2.63. The van der Waals surface area contributed by atoms with Crippen LogP contribution in [0.2, 0.25) is 0 Å². The summed E-state index contributed by atoms with van der Waals surface area (Å²) in [6, 6.07) is 13.4. The zero-order valence-corrected chi connectivity index (χ0v) is 11.8. The van der Waals surface area contributed by atoms with Crippen LogP contribution in [0.4, 0.5) is 5.69 Å². The van der Waals surface area contributed by atoms with Gasteiger partial charge in [-0.15, -0.1) is 0 Å².